The summed E-state index contributed by atoms with van der Waals surface area (Å²) in [5, 5.41) is 4.06. The Bertz CT molecular complexity index is 1150. The summed E-state index contributed by atoms with van der Waals surface area (Å²) in [5.74, 6) is 1.90. The molecule has 1 saturated heterocycles. The van der Waals surface area contributed by atoms with Gasteiger partial charge in [0.25, 0.3) is 0 Å². The van der Waals surface area contributed by atoms with E-state index < -0.39 is 0 Å². The molecule has 1 amide bonds. The summed E-state index contributed by atoms with van der Waals surface area (Å²) < 4.78 is 2.25. The summed E-state index contributed by atoms with van der Waals surface area (Å²) in [5.41, 5.74) is 2.71. The first-order valence-corrected chi connectivity index (χ1v) is 12.0. The predicted octanol–water partition coefficient (Wildman–Crippen LogP) is 4.39. The van der Waals surface area contributed by atoms with Gasteiger partial charge in [-0.1, -0.05) is 35.7 Å². The zero-order valence-electron chi connectivity index (χ0n) is 17.9. The second-order valence-electron chi connectivity index (χ2n) is 8.61. The largest absolute Gasteiger partial charge is 0.354 e. The number of amides is 1. The average Bonchev–Trinajstić information content (AvgIpc) is 3.00. The third-order valence-electron chi connectivity index (χ3n) is 6.42. The van der Waals surface area contributed by atoms with Crippen molar-refractivity contribution in [2.45, 2.75) is 51.6 Å². The fraction of sp³-hybridized carbons (Fsp3) is 0.478. The van der Waals surface area contributed by atoms with Crippen molar-refractivity contribution in [2.75, 3.05) is 18.0 Å². The van der Waals surface area contributed by atoms with E-state index in [0.717, 1.165) is 73.6 Å². The number of benzene rings is 1. The molecular formula is C23H26Cl2N6O. The highest BCUT2D eigenvalue weighted by Gasteiger charge is 2.29. The van der Waals surface area contributed by atoms with Gasteiger partial charge in [-0.2, -0.15) is 0 Å². The Morgan fingerprint density at radius 1 is 1.09 bits per heavy atom. The molecule has 32 heavy (non-hydrogen) atoms. The van der Waals surface area contributed by atoms with Gasteiger partial charge in [0.2, 0.25) is 5.91 Å². The molecule has 2 aliphatic rings. The third-order valence-corrected chi connectivity index (χ3v) is 7.16. The van der Waals surface area contributed by atoms with E-state index in [1.165, 1.54) is 6.42 Å². The number of nitrogens with one attached hydrogen (secondary N) is 1. The fourth-order valence-corrected chi connectivity index (χ4v) is 5.04. The van der Waals surface area contributed by atoms with Crippen LogP contribution >= 0.6 is 23.2 Å². The molecule has 0 bridgehead atoms. The van der Waals surface area contributed by atoms with E-state index in [9.17, 15) is 4.79 Å². The molecule has 1 atom stereocenters. The third kappa shape index (κ3) is 4.28. The highest BCUT2D eigenvalue weighted by atomic mass is 35.5. The van der Waals surface area contributed by atoms with E-state index >= 15 is 0 Å². The summed E-state index contributed by atoms with van der Waals surface area (Å²) in [6.07, 6.45) is 7.95. The molecule has 1 fully saturated rings. The molecule has 7 nitrogen and oxygen atoms in total. The van der Waals surface area contributed by atoms with E-state index in [2.05, 4.69) is 24.8 Å². The van der Waals surface area contributed by atoms with Crippen LogP contribution in [0, 0.1) is 5.92 Å². The van der Waals surface area contributed by atoms with Crippen molar-refractivity contribution in [2.24, 2.45) is 5.92 Å². The Kier molecular flexibility index (Phi) is 6.20. The zero-order valence-corrected chi connectivity index (χ0v) is 19.4. The number of aryl methyl sites for hydroxylation is 2. The molecule has 1 unspecified atom stereocenters. The molecule has 9 heteroatoms. The molecule has 4 heterocycles. The lowest BCUT2D eigenvalue weighted by molar-refractivity contribution is -0.125. The highest BCUT2D eigenvalue weighted by Crippen LogP contribution is 2.29. The minimum Gasteiger partial charge on any atom is -0.354 e. The van der Waals surface area contributed by atoms with Crippen LogP contribution in [0.1, 0.15) is 43.5 Å². The Balaban J connectivity index is 1.31. The van der Waals surface area contributed by atoms with Gasteiger partial charge in [0, 0.05) is 32.6 Å². The van der Waals surface area contributed by atoms with Gasteiger partial charge in [0.1, 0.15) is 12.2 Å². The van der Waals surface area contributed by atoms with E-state index in [4.69, 9.17) is 28.2 Å². The number of aromatic nitrogens is 4. The lowest BCUT2D eigenvalue weighted by Crippen LogP contribution is -2.43. The topological polar surface area (TPSA) is 75.9 Å². The Labute approximate surface area is 197 Å². The fourth-order valence-electron chi connectivity index (χ4n) is 4.72. The van der Waals surface area contributed by atoms with Crippen LogP contribution in [-0.2, 0) is 24.3 Å². The summed E-state index contributed by atoms with van der Waals surface area (Å²) in [6, 6.07) is 5.42. The van der Waals surface area contributed by atoms with E-state index in [1.807, 2.05) is 6.07 Å². The number of imidazole rings is 1. The second-order valence-corrected chi connectivity index (χ2v) is 9.43. The number of hydrogen-bond donors (Lipinski definition) is 1. The number of rotatable bonds is 4. The SMILES string of the molecule is O=C(NCc1ccc(Cl)c(Cl)c1)C1CCCN(c2ncnc3c2nc2n3CCCCC2)C1. The standard InChI is InChI=1S/C23H26Cl2N6O/c24-17-8-7-15(11-18(17)25)12-26-23(32)16-5-4-9-30(13-16)21-20-22(28-14-27-21)31-10-3-1-2-6-19(31)29-20/h7-8,11,14,16H,1-6,9-10,12-13H2,(H,26,32). The van der Waals surface area contributed by atoms with E-state index in [1.54, 1.807) is 18.5 Å². The molecule has 0 saturated carbocycles. The zero-order chi connectivity index (χ0) is 22.1. The van der Waals surface area contributed by atoms with Gasteiger partial charge in [0.05, 0.1) is 16.0 Å². The second kappa shape index (κ2) is 9.24. The first-order chi connectivity index (χ1) is 15.6. The van der Waals surface area contributed by atoms with Crippen LogP contribution in [0.2, 0.25) is 10.0 Å². The number of halogens is 2. The number of piperidine rings is 1. The molecule has 5 rings (SSSR count). The normalized spacial score (nSPS) is 18.9. The number of fused-ring (bicyclic) bond motifs is 3. The molecule has 0 aliphatic carbocycles. The van der Waals surface area contributed by atoms with E-state index in [0.29, 0.717) is 23.1 Å². The smallest absolute Gasteiger partial charge is 0.225 e. The van der Waals surface area contributed by atoms with Crippen molar-refractivity contribution in [3.8, 4) is 0 Å². The van der Waals surface area contributed by atoms with Gasteiger partial charge in [-0.15, -0.1) is 0 Å². The van der Waals surface area contributed by atoms with Gasteiger partial charge in [-0.05, 0) is 43.4 Å². The number of hydrogen-bond acceptors (Lipinski definition) is 5. The molecule has 168 valence electrons. The van der Waals surface area contributed by atoms with Crippen molar-refractivity contribution in [3.05, 3.63) is 46.0 Å². The quantitative estimate of drug-likeness (QED) is 0.608. The summed E-state index contributed by atoms with van der Waals surface area (Å²) >= 11 is 12.1. The van der Waals surface area contributed by atoms with Crippen LogP contribution in [0.3, 0.4) is 0 Å². The molecule has 1 aromatic carbocycles. The van der Waals surface area contributed by atoms with Gasteiger partial charge >= 0.3 is 0 Å². The predicted molar refractivity (Wildman–Crippen MR) is 126 cm³/mol. The maximum absolute atomic E-state index is 12.9. The lowest BCUT2D eigenvalue weighted by Gasteiger charge is -2.32. The Hall–Kier alpha value is -2.38. The molecule has 3 aromatic rings. The number of carbonyl (C=O) groups excluding carboxylic acids is 1. The van der Waals surface area contributed by atoms with Crippen LogP contribution in [-0.4, -0.2) is 38.5 Å². The molecule has 2 aliphatic heterocycles. The van der Waals surface area contributed by atoms with Crippen LogP contribution in [0.4, 0.5) is 5.82 Å². The van der Waals surface area contributed by atoms with Crippen LogP contribution < -0.4 is 10.2 Å². The Morgan fingerprint density at radius 2 is 2.00 bits per heavy atom. The van der Waals surface area contributed by atoms with E-state index in [-0.39, 0.29) is 11.8 Å². The molecule has 2 aromatic heterocycles. The van der Waals surface area contributed by atoms with Crippen molar-refractivity contribution in [3.63, 3.8) is 0 Å². The number of anilines is 1. The first-order valence-electron chi connectivity index (χ1n) is 11.3. The Morgan fingerprint density at radius 3 is 2.88 bits per heavy atom. The maximum Gasteiger partial charge on any atom is 0.225 e. The van der Waals surface area contributed by atoms with Crippen molar-refractivity contribution < 1.29 is 4.79 Å². The molecule has 1 N–H and O–H groups in total. The summed E-state index contributed by atoms with van der Waals surface area (Å²) in [4.78, 5) is 29.2. The molecule has 0 radical (unpaired) electrons. The van der Waals surface area contributed by atoms with Gasteiger partial charge in [-0.3, -0.25) is 4.79 Å². The summed E-state index contributed by atoms with van der Waals surface area (Å²) in [6.45, 7) is 2.88. The minimum atomic E-state index is -0.100. The number of nitrogens with zero attached hydrogens (tertiary/aromatic N) is 5. The lowest BCUT2D eigenvalue weighted by atomic mass is 9.97. The van der Waals surface area contributed by atoms with Crippen molar-refractivity contribution in [1.82, 2.24) is 24.8 Å². The monoisotopic (exact) mass is 472 g/mol. The summed E-state index contributed by atoms with van der Waals surface area (Å²) in [7, 11) is 0. The van der Waals surface area contributed by atoms with Crippen molar-refractivity contribution >= 4 is 46.1 Å². The van der Waals surface area contributed by atoms with Crippen LogP contribution in [0.5, 0.6) is 0 Å². The van der Waals surface area contributed by atoms with Gasteiger partial charge in [-0.25, -0.2) is 15.0 Å². The van der Waals surface area contributed by atoms with Crippen LogP contribution in [0.15, 0.2) is 24.5 Å². The van der Waals surface area contributed by atoms with Crippen LogP contribution in [0.25, 0.3) is 11.2 Å². The maximum atomic E-state index is 12.9. The van der Waals surface area contributed by atoms with Crippen molar-refractivity contribution in [1.29, 1.82) is 0 Å². The van der Waals surface area contributed by atoms with Gasteiger partial charge < -0.3 is 14.8 Å². The molecular weight excluding hydrogens is 447 g/mol. The number of carbonyl (C=O) groups is 1. The minimum absolute atomic E-state index is 0.0479. The average molecular weight is 473 g/mol. The van der Waals surface area contributed by atoms with Gasteiger partial charge in [0.15, 0.2) is 17.0 Å². The highest BCUT2D eigenvalue weighted by molar-refractivity contribution is 6.42. The molecule has 0 spiro atoms. The first kappa shape index (κ1) is 21.5.